The molecule has 3 aromatic rings. The van der Waals surface area contributed by atoms with Crippen molar-refractivity contribution in [1.82, 2.24) is 14.5 Å². The lowest BCUT2D eigenvalue weighted by atomic mass is 9.45. The summed E-state index contributed by atoms with van der Waals surface area (Å²) in [6.07, 6.45) is 4.28. The molecule has 1 saturated heterocycles. The van der Waals surface area contributed by atoms with Gasteiger partial charge >= 0.3 is 0 Å². The topological polar surface area (TPSA) is 82.8 Å². The van der Waals surface area contributed by atoms with E-state index in [1.165, 1.54) is 6.42 Å². The number of aliphatic hydroxyl groups excluding tert-OH is 1. The molecular weight excluding hydrogens is 533 g/mol. The molecule has 1 aromatic heterocycles. The largest absolute Gasteiger partial charge is 0.389 e. The van der Waals surface area contributed by atoms with Crippen LogP contribution >= 0.6 is 23.2 Å². The van der Waals surface area contributed by atoms with E-state index < -0.39 is 0 Å². The first-order valence-electron chi connectivity index (χ1n) is 13.8. The minimum atomic E-state index is -0.326. The molecule has 4 fully saturated rings. The third-order valence-electron chi connectivity index (χ3n) is 9.48. The maximum Gasteiger partial charge on any atom is 0.261 e. The zero-order valence-corrected chi connectivity index (χ0v) is 24.1. The Morgan fingerprint density at radius 3 is 2.67 bits per heavy atom. The maximum absolute atomic E-state index is 13.2. The fraction of sp³-hybridized carbons (Fsp3) is 0.500. The predicted octanol–water partition coefficient (Wildman–Crippen LogP) is 5.46. The van der Waals surface area contributed by atoms with E-state index in [2.05, 4.69) is 36.0 Å². The smallest absolute Gasteiger partial charge is 0.261 e. The summed E-state index contributed by atoms with van der Waals surface area (Å²) in [6.45, 7) is 8.74. The van der Waals surface area contributed by atoms with Gasteiger partial charge in [0, 0.05) is 35.4 Å². The fourth-order valence-electron chi connectivity index (χ4n) is 6.76. The second-order valence-corrected chi connectivity index (χ2v) is 13.0. The van der Waals surface area contributed by atoms with Crippen LogP contribution in [0.5, 0.6) is 0 Å². The predicted molar refractivity (Wildman–Crippen MR) is 158 cm³/mol. The molecule has 3 saturated carbocycles. The van der Waals surface area contributed by atoms with Crippen LogP contribution in [0.15, 0.2) is 52.5 Å². The molecule has 2 N–H and O–H groups in total. The molecule has 4 atom stereocenters. The lowest BCUT2D eigenvalue weighted by molar-refractivity contribution is -0.108. The maximum atomic E-state index is 13.2. The Hall–Kier alpha value is -2.61. The van der Waals surface area contributed by atoms with E-state index in [0.717, 1.165) is 29.5 Å². The van der Waals surface area contributed by atoms with Crippen LogP contribution in [0.1, 0.15) is 39.2 Å². The summed E-state index contributed by atoms with van der Waals surface area (Å²) >= 11 is 12.3. The number of rotatable bonds is 5. The first-order valence-corrected chi connectivity index (χ1v) is 14.6. The third-order valence-corrected chi connectivity index (χ3v) is 10.1. The van der Waals surface area contributed by atoms with E-state index in [1.54, 1.807) is 23.0 Å². The van der Waals surface area contributed by atoms with Gasteiger partial charge in [0.15, 0.2) is 5.96 Å². The van der Waals surface area contributed by atoms with Crippen molar-refractivity contribution in [3.05, 3.63) is 68.7 Å². The van der Waals surface area contributed by atoms with E-state index in [0.29, 0.717) is 64.3 Å². The van der Waals surface area contributed by atoms with Crippen LogP contribution < -0.4 is 10.9 Å². The highest BCUT2D eigenvalue weighted by molar-refractivity contribution is 6.35. The number of aromatic nitrogens is 2. The van der Waals surface area contributed by atoms with Crippen LogP contribution in [0, 0.1) is 23.2 Å². The van der Waals surface area contributed by atoms with Gasteiger partial charge in [-0.3, -0.25) is 9.36 Å². The summed E-state index contributed by atoms with van der Waals surface area (Å²) in [7, 11) is 0. The Bertz CT molecular complexity index is 1500. The Morgan fingerprint density at radius 1 is 1.18 bits per heavy atom. The molecule has 4 aliphatic rings. The zero-order valence-electron chi connectivity index (χ0n) is 22.6. The molecule has 4 unspecified atom stereocenters. The molecule has 0 radical (unpaired) electrons. The Morgan fingerprint density at radius 2 is 1.97 bits per heavy atom. The Kier molecular flexibility index (Phi) is 6.89. The van der Waals surface area contributed by atoms with Gasteiger partial charge < -0.3 is 15.3 Å². The number of fused-ring (bicyclic) bond motifs is 3. The van der Waals surface area contributed by atoms with E-state index >= 15 is 0 Å². The molecule has 2 bridgehead atoms. The highest BCUT2D eigenvalue weighted by atomic mass is 35.5. The molecule has 7 rings (SSSR count). The van der Waals surface area contributed by atoms with Crippen molar-refractivity contribution in [2.75, 3.05) is 18.4 Å². The summed E-state index contributed by atoms with van der Waals surface area (Å²) in [5, 5.41) is 15.2. The highest BCUT2D eigenvalue weighted by Crippen LogP contribution is 2.61. The SMILES string of the molecule is CC1C(N=C(Nc2ccc3c(=O)n(CCc4ccc(Cl)cc4Cl)cnc3c2)N2CC(O)C2)CC2CC1C2(C)C. The van der Waals surface area contributed by atoms with Crippen LogP contribution in [0.25, 0.3) is 10.9 Å². The number of halogens is 2. The average molecular weight is 569 g/mol. The number of nitrogens with zero attached hydrogens (tertiary/aromatic N) is 4. The number of likely N-dealkylation sites (tertiary alicyclic amines) is 1. The van der Waals surface area contributed by atoms with Crippen LogP contribution in [0.3, 0.4) is 0 Å². The normalized spacial score (nSPS) is 26.3. The van der Waals surface area contributed by atoms with Gasteiger partial charge in [0.2, 0.25) is 0 Å². The number of hydrogen-bond donors (Lipinski definition) is 2. The zero-order chi connectivity index (χ0) is 27.5. The number of benzene rings is 2. The number of aliphatic imine (C=N–C) groups is 1. The molecule has 0 amide bonds. The average Bonchev–Trinajstić information content (AvgIpc) is 2.87. The summed E-state index contributed by atoms with van der Waals surface area (Å²) in [6, 6.07) is 11.3. The van der Waals surface area contributed by atoms with Gasteiger partial charge in [0.05, 0.1) is 29.4 Å². The summed E-state index contributed by atoms with van der Waals surface area (Å²) in [5.41, 5.74) is 2.71. The van der Waals surface area contributed by atoms with E-state index in [9.17, 15) is 9.90 Å². The van der Waals surface area contributed by atoms with Crippen LogP contribution in [0.2, 0.25) is 10.0 Å². The van der Waals surface area contributed by atoms with Crippen LogP contribution in [-0.2, 0) is 13.0 Å². The monoisotopic (exact) mass is 567 g/mol. The number of nitrogens with one attached hydrogen (secondary N) is 1. The molecule has 9 heteroatoms. The van der Waals surface area contributed by atoms with E-state index in [-0.39, 0.29) is 17.7 Å². The second-order valence-electron chi connectivity index (χ2n) is 12.1. The lowest BCUT2D eigenvalue weighted by Gasteiger charge is -2.61. The van der Waals surface area contributed by atoms with Crippen molar-refractivity contribution < 1.29 is 5.11 Å². The molecule has 3 aliphatic carbocycles. The number of hydrogen-bond acceptors (Lipinski definition) is 4. The quantitative estimate of drug-likeness (QED) is 0.316. The van der Waals surface area contributed by atoms with Crippen molar-refractivity contribution in [3.8, 4) is 0 Å². The van der Waals surface area contributed by atoms with Crippen LogP contribution in [0.4, 0.5) is 5.69 Å². The molecular formula is C30H35Cl2N5O2. The van der Waals surface area contributed by atoms with Crippen molar-refractivity contribution in [1.29, 1.82) is 0 Å². The first-order chi connectivity index (χ1) is 18.6. The van der Waals surface area contributed by atoms with Crippen molar-refractivity contribution in [2.45, 2.75) is 58.7 Å². The fourth-order valence-corrected chi connectivity index (χ4v) is 7.26. The third kappa shape index (κ3) is 4.94. The molecule has 1 aliphatic heterocycles. The van der Waals surface area contributed by atoms with E-state index in [4.69, 9.17) is 28.2 Å². The molecule has 2 aromatic carbocycles. The molecule has 7 nitrogen and oxygen atoms in total. The van der Waals surface area contributed by atoms with Gasteiger partial charge in [0.25, 0.3) is 5.56 Å². The van der Waals surface area contributed by atoms with Gasteiger partial charge in [0.1, 0.15) is 0 Å². The standard InChI is InChI=1S/C30H35Cl2N5O2/c1-17-24-10-19(30(24,2)3)11-26(17)35-29(37-14-22(38)15-37)34-21-6-7-23-27(13-21)33-16-36(28(23)39)9-8-18-4-5-20(31)12-25(18)32/h4-7,12-13,16-17,19,22,24,26,38H,8-11,14-15H2,1-3H3,(H,34,35). The number of anilines is 1. The minimum Gasteiger partial charge on any atom is -0.389 e. The first kappa shape index (κ1) is 26.6. The van der Waals surface area contributed by atoms with Gasteiger partial charge in [-0.05, 0) is 78.3 Å². The van der Waals surface area contributed by atoms with Crippen molar-refractivity contribution in [3.63, 3.8) is 0 Å². The lowest BCUT2D eigenvalue weighted by Crippen LogP contribution is -2.58. The number of aliphatic hydroxyl groups is 1. The van der Waals surface area contributed by atoms with Gasteiger partial charge in [-0.1, -0.05) is 50.0 Å². The number of guanidine groups is 1. The van der Waals surface area contributed by atoms with Crippen molar-refractivity contribution in [2.24, 2.45) is 28.2 Å². The van der Waals surface area contributed by atoms with Crippen molar-refractivity contribution >= 4 is 45.8 Å². The van der Waals surface area contributed by atoms with Gasteiger partial charge in [-0.2, -0.15) is 0 Å². The van der Waals surface area contributed by atoms with Gasteiger partial charge in [-0.15, -0.1) is 0 Å². The van der Waals surface area contributed by atoms with E-state index in [1.807, 2.05) is 24.3 Å². The Labute approximate surface area is 238 Å². The number of β-amino-alcohol motifs (C(OH)–C–C–N with tert-alkyl or cyclic N) is 1. The second kappa shape index (κ2) is 10.1. The summed E-state index contributed by atoms with van der Waals surface area (Å²) in [5.74, 6) is 2.74. The van der Waals surface area contributed by atoms with Gasteiger partial charge in [-0.25, -0.2) is 9.98 Å². The Balaban J connectivity index is 1.21. The molecule has 0 spiro atoms. The molecule has 2 heterocycles. The van der Waals surface area contributed by atoms with Crippen LogP contribution in [-0.4, -0.2) is 50.8 Å². The molecule has 39 heavy (non-hydrogen) atoms. The summed E-state index contributed by atoms with van der Waals surface area (Å²) in [4.78, 5) is 25.1. The highest BCUT2D eigenvalue weighted by Gasteiger charge is 2.56. The minimum absolute atomic E-state index is 0.0886. The summed E-state index contributed by atoms with van der Waals surface area (Å²) < 4.78 is 1.62. The number of aryl methyl sites for hydroxylation is 2. The molecule has 206 valence electrons.